The van der Waals surface area contributed by atoms with E-state index in [-0.39, 0.29) is 29.9 Å². The van der Waals surface area contributed by atoms with Gasteiger partial charge in [0.25, 0.3) is 0 Å². The highest BCUT2D eigenvalue weighted by molar-refractivity contribution is 5.88. The van der Waals surface area contributed by atoms with Crippen LogP contribution in [0.1, 0.15) is 42.4 Å². The fourth-order valence-corrected chi connectivity index (χ4v) is 2.26. The van der Waals surface area contributed by atoms with Gasteiger partial charge in [0.1, 0.15) is 17.9 Å². The molecule has 2 aromatic rings. The minimum absolute atomic E-state index is 0.0457. The third-order valence-corrected chi connectivity index (χ3v) is 3.62. The van der Waals surface area contributed by atoms with Gasteiger partial charge in [-0.2, -0.15) is 4.73 Å². The van der Waals surface area contributed by atoms with Crippen LogP contribution in [0.15, 0.2) is 18.2 Å². The Morgan fingerprint density at radius 1 is 1.28 bits per heavy atom. The molecule has 25 heavy (non-hydrogen) atoms. The number of aromatic nitrogens is 2. The van der Waals surface area contributed by atoms with Crippen LogP contribution in [0.2, 0.25) is 0 Å². The van der Waals surface area contributed by atoms with E-state index in [9.17, 15) is 14.8 Å². The van der Waals surface area contributed by atoms with E-state index in [0.29, 0.717) is 22.4 Å². The number of fused-ring (bicyclic) bond motifs is 1. The maximum atomic E-state index is 12.6. The molecule has 0 amide bonds. The van der Waals surface area contributed by atoms with E-state index in [1.54, 1.807) is 12.1 Å². The second-order valence-corrected chi connectivity index (χ2v) is 5.31. The lowest BCUT2D eigenvalue weighted by molar-refractivity contribution is -0.581. The number of esters is 2. The lowest BCUT2D eigenvalue weighted by atomic mass is 10.2. The number of benzene rings is 1. The van der Waals surface area contributed by atoms with Crippen molar-refractivity contribution in [2.75, 3.05) is 14.2 Å². The van der Waals surface area contributed by atoms with E-state index in [1.807, 2.05) is 6.92 Å². The number of hydrogen-bond acceptors (Lipinski definition) is 7. The van der Waals surface area contributed by atoms with Gasteiger partial charge in [-0.15, -0.1) is 0 Å². The zero-order valence-corrected chi connectivity index (χ0v) is 14.4. The van der Waals surface area contributed by atoms with Gasteiger partial charge in [0.15, 0.2) is 5.69 Å². The zero-order valence-electron chi connectivity index (χ0n) is 14.4. The van der Waals surface area contributed by atoms with Crippen LogP contribution in [0.25, 0.3) is 11.0 Å². The third kappa shape index (κ3) is 4.14. The van der Waals surface area contributed by atoms with Crippen molar-refractivity contribution in [3.63, 3.8) is 0 Å². The summed E-state index contributed by atoms with van der Waals surface area (Å²) in [7, 11) is 2.63. The van der Waals surface area contributed by atoms with Crippen LogP contribution in [0.4, 0.5) is 0 Å². The fraction of sp³-hybridized carbons (Fsp3) is 0.412. The third-order valence-electron chi connectivity index (χ3n) is 3.62. The molecule has 0 saturated heterocycles. The normalized spacial score (nSPS) is 10.5. The Morgan fingerprint density at radius 2 is 2.04 bits per heavy atom. The summed E-state index contributed by atoms with van der Waals surface area (Å²) >= 11 is 0. The Bertz CT molecular complexity index is 790. The molecule has 0 aliphatic rings. The minimum Gasteiger partial charge on any atom is -0.618 e. The van der Waals surface area contributed by atoms with Crippen molar-refractivity contribution in [1.82, 2.24) is 4.98 Å². The number of methoxy groups -OCH3 is 2. The number of rotatable bonds is 7. The number of carbonyl (C=O) groups is 2. The highest BCUT2D eigenvalue weighted by atomic mass is 16.5. The quantitative estimate of drug-likeness (QED) is 0.428. The van der Waals surface area contributed by atoms with E-state index in [2.05, 4.69) is 9.72 Å². The van der Waals surface area contributed by atoms with Crippen LogP contribution in [0.3, 0.4) is 0 Å². The second-order valence-electron chi connectivity index (χ2n) is 5.31. The molecule has 2 rings (SSSR count). The summed E-state index contributed by atoms with van der Waals surface area (Å²) in [6.07, 6.45) is 1.83. The van der Waals surface area contributed by atoms with Crippen LogP contribution >= 0.6 is 0 Å². The van der Waals surface area contributed by atoms with Crippen molar-refractivity contribution >= 4 is 23.0 Å². The first-order chi connectivity index (χ1) is 12.0. The van der Waals surface area contributed by atoms with Gasteiger partial charge in [-0.05, 0) is 18.6 Å². The smallest absolute Gasteiger partial charge is 0.406 e. The molecule has 0 bridgehead atoms. The predicted molar refractivity (Wildman–Crippen MR) is 87.9 cm³/mol. The van der Waals surface area contributed by atoms with Crippen molar-refractivity contribution in [2.24, 2.45) is 0 Å². The van der Waals surface area contributed by atoms with E-state index < -0.39 is 11.9 Å². The molecule has 0 spiro atoms. The number of ether oxygens (including phenoxy) is 3. The molecule has 0 saturated carbocycles. The zero-order chi connectivity index (χ0) is 18.4. The van der Waals surface area contributed by atoms with Crippen LogP contribution in [-0.4, -0.2) is 31.1 Å². The number of unbranched alkanes of at least 4 members (excludes halogenated alkanes) is 1. The number of carbonyl (C=O) groups excluding carboxylic acids is 2. The molecule has 0 radical (unpaired) electrons. The first kappa shape index (κ1) is 18.4. The first-order valence-electron chi connectivity index (χ1n) is 7.86. The standard InChI is InChI=1S/C17H20N2O6/c1-4-5-6-15(20)25-10-13-16(17(21)24-3)19(22)14-9-11(23-2)7-8-12(14)18-13/h7-9H,4-6,10H2,1-3H3. The lowest BCUT2D eigenvalue weighted by Gasteiger charge is -2.11. The highest BCUT2D eigenvalue weighted by Gasteiger charge is 2.28. The van der Waals surface area contributed by atoms with Crippen molar-refractivity contribution in [3.05, 3.63) is 34.8 Å². The van der Waals surface area contributed by atoms with Gasteiger partial charge in [0, 0.05) is 6.42 Å². The molecule has 8 heteroatoms. The Morgan fingerprint density at radius 3 is 2.68 bits per heavy atom. The summed E-state index contributed by atoms with van der Waals surface area (Å²) < 4.78 is 15.3. The fourth-order valence-electron chi connectivity index (χ4n) is 2.26. The average Bonchev–Trinajstić information content (AvgIpc) is 2.63. The monoisotopic (exact) mass is 348 g/mol. The molecule has 8 nitrogen and oxygen atoms in total. The molecule has 1 aromatic carbocycles. The maximum absolute atomic E-state index is 12.6. The number of nitrogens with zero attached hydrogens (tertiary/aromatic N) is 2. The van der Waals surface area contributed by atoms with Gasteiger partial charge in [-0.1, -0.05) is 13.3 Å². The van der Waals surface area contributed by atoms with E-state index >= 15 is 0 Å². The predicted octanol–water partition coefficient (Wildman–Crippen LogP) is 1.90. The maximum Gasteiger partial charge on any atom is 0.406 e. The van der Waals surface area contributed by atoms with Gasteiger partial charge in [0.05, 0.1) is 20.3 Å². The summed E-state index contributed by atoms with van der Waals surface area (Å²) in [5, 5.41) is 12.6. The molecule has 1 aromatic heterocycles. The highest BCUT2D eigenvalue weighted by Crippen LogP contribution is 2.19. The van der Waals surface area contributed by atoms with Crippen molar-refractivity contribution in [3.8, 4) is 5.75 Å². The second kappa shape index (κ2) is 8.27. The van der Waals surface area contributed by atoms with Crippen LogP contribution in [0.5, 0.6) is 5.75 Å². The van der Waals surface area contributed by atoms with Gasteiger partial charge >= 0.3 is 17.6 Å². The summed E-state index contributed by atoms with van der Waals surface area (Å²) in [6, 6.07) is 4.70. The SMILES string of the molecule is CCCCC(=O)OCc1nc2ccc(OC)cc2[n+]([O-])c1C(=O)OC. The molecule has 0 atom stereocenters. The molecule has 0 N–H and O–H groups in total. The summed E-state index contributed by atoms with van der Waals surface area (Å²) in [5.41, 5.74) is 0.236. The van der Waals surface area contributed by atoms with Gasteiger partial charge in [-0.25, -0.2) is 9.78 Å². The van der Waals surface area contributed by atoms with Gasteiger partial charge in [0.2, 0.25) is 5.52 Å². The Balaban J connectivity index is 2.43. The molecule has 0 aliphatic carbocycles. The van der Waals surface area contributed by atoms with E-state index in [0.717, 1.165) is 13.5 Å². The molecule has 0 aliphatic heterocycles. The van der Waals surface area contributed by atoms with E-state index in [1.165, 1.54) is 13.2 Å². The molecular formula is C17H20N2O6. The molecular weight excluding hydrogens is 328 g/mol. The summed E-state index contributed by atoms with van der Waals surface area (Å²) in [6.45, 7) is 1.68. The summed E-state index contributed by atoms with van der Waals surface area (Å²) in [4.78, 5) is 28.0. The van der Waals surface area contributed by atoms with Crippen LogP contribution in [0, 0.1) is 5.21 Å². The minimum atomic E-state index is -0.855. The number of hydrogen-bond donors (Lipinski definition) is 0. The van der Waals surface area contributed by atoms with Crippen LogP contribution < -0.4 is 9.47 Å². The largest absolute Gasteiger partial charge is 0.618 e. The first-order valence-corrected chi connectivity index (χ1v) is 7.86. The topological polar surface area (TPSA) is 102 Å². The Labute approximate surface area is 144 Å². The van der Waals surface area contributed by atoms with Crippen molar-refractivity contribution in [1.29, 1.82) is 0 Å². The van der Waals surface area contributed by atoms with Crippen molar-refractivity contribution in [2.45, 2.75) is 32.8 Å². The summed E-state index contributed by atoms with van der Waals surface area (Å²) in [5.74, 6) is -0.813. The molecule has 0 unspecified atom stereocenters. The van der Waals surface area contributed by atoms with Gasteiger partial charge in [-0.3, -0.25) is 4.79 Å². The van der Waals surface area contributed by atoms with Crippen molar-refractivity contribution < 1.29 is 28.5 Å². The van der Waals surface area contributed by atoms with E-state index in [4.69, 9.17) is 9.47 Å². The van der Waals surface area contributed by atoms with Gasteiger partial charge < -0.3 is 19.4 Å². The molecule has 1 heterocycles. The average molecular weight is 348 g/mol. The molecule has 0 fully saturated rings. The molecule has 134 valence electrons. The van der Waals surface area contributed by atoms with Crippen LogP contribution in [-0.2, 0) is 20.9 Å². The lowest BCUT2D eigenvalue weighted by Crippen LogP contribution is -2.38. The Kier molecular flexibility index (Phi) is 6.10. The Hall–Kier alpha value is -2.90.